The Morgan fingerprint density at radius 2 is 1.90 bits per heavy atom. The summed E-state index contributed by atoms with van der Waals surface area (Å²) in [5.41, 5.74) is 3.21. The molecule has 4 heteroatoms. The lowest BCUT2D eigenvalue weighted by Gasteiger charge is -2.18. The maximum atomic E-state index is 10.1. The summed E-state index contributed by atoms with van der Waals surface area (Å²) in [5.74, 6) is 0.785. The van der Waals surface area contributed by atoms with Crippen molar-refractivity contribution in [3.63, 3.8) is 0 Å². The van der Waals surface area contributed by atoms with Crippen LogP contribution in [0.4, 0.5) is 0 Å². The number of aliphatic hydroxyl groups is 1. The lowest BCUT2D eigenvalue weighted by atomic mass is 10.1. The molecular formula is C17H23N3O. The fraction of sp³-hybridized carbons (Fsp3) is 0.412. The van der Waals surface area contributed by atoms with Crippen LogP contribution in [0.3, 0.4) is 0 Å². The second kappa shape index (κ2) is 7.29. The van der Waals surface area contributed by atoms with E-state index in [4.69, 9.17) is 0 Å². The molecule has 1 aromatic heterocycles. The molecule has 2 atom stereocenters. The van der Waals surface area contributed by atoms with Crippen molar-refractivity contribution in [3.05, 3.63) is 59.2 Å². The highest BCUT2D eigenvalue weighted by Crippen LogP contribution is 2.14. The first-order chi connectivity index (χ1) is 10.1. The van der Waals surface area contributed by atoms with E-state index >= 15 is 0 Å². The van der Waals surface area contributed by atoms with Crippen molar-refractivity contribution >= 4 is 0 Å². The van der Waals surface area contributed by atoms with Crippen LogP contribution in [-0.2, 0) is 6.42 Å². The molecule has 1 aromatic carbocycles. The Bertz CT molecular complexity index is 572. The van der Waals surface area contributed by atoms with Crippen LogP contribution in [0.25, 0.3) is 0 Å². The van der Waals surface area contributed by atoms with E-state index < -0.39 is 6.10 Å². The van der Waals surface area contributed by atoms with E-state index in [1.165, 1.54) is 0 Å². The smallest absolute Gasteiger partial charge is 0.125 e. The van der Waals surface area contributed by atoms with Crippen LogP contribution in [0.1, 0.15) is 35.6 Å². The Hall–Kier alpha value is -1.78. The number of benzene rings is 1. The molecule has 0 fully saturated rings. The molecule has 1 heterocycles. The average molecular weight is 285 g/mol. The third kappa shape index (κ3) is 4.62. The minimum atomic E-state index is -0.401. The number of hydrogen-bond donors (Lipinski definition) is 2. The maximum Gasteiger partial charge on any atom is 0.125 e. The highest BCUT2D eigenvalue weighted by atomic mass is 16.3. The summed E-state index contributed by atoms with van der Waals surface area (Å²) in [6.45, 7) is 6.49. The summed E-state index contributed by atoms with van der Waals surface area (Å²) in [5, 5.41) is 13.5. The number of aryl methyl sites for hydroxylation is 2. The van der Waals surface area contributed by atoms with Crippen LogP contribution in [0, 0.1) is 13.8 Å². The minimum absolute atomic E-state index is 0.121. The summed E-state index contributed by atoms with van der Waals surface area (Å²) in [6, 6.07) is 10.2. The predicted molar refractivity (Wildman–Crippen MR) is 84.1 cm³/mol. The SMILES string of the molecule is Cc1ncc(C(C)NCC(O)Cc2ccccc2)c(C)n1. The molecule has 0 saturated heterocycles. The highest BCUT2D eigenvalue weighted by molar-refractivity contribution is 5.20. The first-order valence-electron chi connectivity index (χ1n) is 7.31. The van der Waals surface area contributed by atoms with Crippen molar-refractivity contribution < 1.29 is 5.11 Å². The maximum absolute atomic E-state index is 10.1. The van der Waals surface area contributed by atoms with Crippen molar-refractivity contribution in [1.82, 2.24) is 15.3 Å². The van der Waals surface area contributed by atoms with Gasteiger partial charge in [0.15, 0.2) is 0 Å². The number of rotatable bonds is 6. The quantitative estimate of drug-likeness (QED) is 0.855. The first kappa shape index (κ1) is 15.6. The second-order valence-corrected chi connectivity index (χ2v) is 5.43. The van der Waals surface area contributed by atoms with Crippen molar-refractivity contribution in [2.45, 2.75) is 39.3 Å². The van der Waals surface area contributed by atoms with Crippen LogP contribution in [0.5, 0.6) is 0 Å². The molecule has 0 aliphatic carbocycles. The van der Waals surface area contributed by atoms with Gasteiger partial charge < -0.3 is 10.4 Å². The summed E-state index contributed by atoms with van der Waals surface area (Å²) >= 11 is 0. The molecule has 112 valence electrons. The molecule has 2 rings (SSSR count). The number of aromatic nitrogens is 2. The number of aliphatic hydroxyl groups excluding tert-OH is 1. The molecule has 0 bridgehead atoms. The van der Waals surface area contributed by atoms with E-state index in [0.29, 0.717) is 13.0 Å². The monoisotopic (exact) mass is 285 g/mol. The van der Waals surface area contributed by atoms with Crippen LogP contribution in [0.2, 0.25) is 0 Å². The van der Waals surface area contributed by atoms with E-state index in [1.807, 2.05) is 50.4 Å². The van der Waals surface area contributed by atoms with Crippen molar-refractivity contribution in [2.24, 2.45) is 0 Å². The van der Waals surface area contributed by atoms with Gasteiger partial charge in [-0.1, -0.05) is 30.3 Å². The van der Waals surface area contributed by atoms with Crippen LogP contribution in [-0.4, -0.2) is 27.7 Å². The average Bonchev–Trinajstić information content (AvgIpc) is 2.46. The van der Waals surface area contributed by atoms with Gasteiger partial charge in [0, 0.05) is 30.0 Å². The van der Waals surface area contributed by atoms with Gasteiger partial charge in [0.1, 0.15) is 5.82 Å². The third-order valence-corrected chi connectivity index (χ3v) is 3.58. The summed E-state index contributed by atoms with van der Waals surface area (Å²) in [4.78, 5) is 8.62. The summed E-state index contributed by atoms with van der Waals surface area (Å²) in [7, 11) is 0. The van der Waals surface area contributed by atoms with Gasteiger partial charge >= 0.3 is 0 Å². The molecule has 0 saturated carbocycles. The van der Waals surface area contributed by atoms with Crippen LogP contribution >= 0.6 is 0 Å². The molecule has 0 spiro atoms. The van der Waals surface area contributed by atoms with Crippen LogP contribution in [0.15, 0.2) is 36.5 Å². The van der Waals surface area contributed by atoms with Gasteiger partial charge in [0.25, 0.3) is 0 Å². The molecule has 21 heavy (non-hydrogen) atoms. The Morgan fingerprint density at radius 3 is 2.57 bits per heavy atom. The van der Waals surface area contributed by atoms with E-state index in [-0.39, 0.29) is 6.04 Å². The largest absolute Gasteiger partial charge is 0.391 e. The lowest BCUT2D eigenvalue weighted by molar-refractivity contribution is 0.168. The molecule has 0 aliphatic rings. The zero-order valence-electron chi connectivity index (χ0n) is 12.9. The second-order valence-electron chi connectivity index (χ2n) is 5.43. The molecule has 2 N–H and O–H groups in total. The van der Waals surface area contributed by atoms with Gasteiger partial charge in [0.2, 0.25) is 0 Å². The molecule has 0 amide bonds. The van der Waals surface area contributed by atoms with E-state index in [9.17, 15) is 5.11 Å². The molecule has 0 radical (unpaired) electrons. The van der Waals surface area contributed by atoms with Crippen molar-refractivity contribution in [2.75, 3.05) is 6.54 Å². The van der Waals surface area contributed by atoms with Gasteiger partial charge in [-0.25, -0.2) is 9.97 Å². The lowest BCUT2D eigenvalue weighted by Crippen LogP contribution is -2.31. The van der Waals surface area contributed by atoms with Crippen molar-refractivity contribution in [1.29, 1.82) is 0 Å². The van der Waals surface area contributed by atoms with E-state index in [2.05, 4.69) is 22.2 Å². The van der Waals surface area contributed by atoms with E-state index in [1.54, 1.807) is 0 Å². The summed E-state index contributed by atoms with van der Waals surface area (Å²) in [6.07, 6.45) is 2.12. The topological polar surface area (TPSA) is 58.0 Å². The first-order valence-corrected chi connectivity index (χ1v) is 7.31. The fourth-order valence-corrected chi connectivity index (χ4v) is 2.40. The zero-order valence-corrected chi connectivity index (χ0v) is 12.9. The molecule has 2 aromatic rings. The number of hydrogen-bond acceptors (Lipinski definition) is 4. The van der Waals surface area contributed by atoms with E-state index in [0.717, 1.165) is 22.6 Å². The fourth-order valence-electron chi connectivity index (χ4n) is 2.40. The van der Waals surface area contributed by atoms with Crippen molar-refractivity contribution in [3.8, 4) is 0 Å². The highest BCUT2D eigenvalue weighted by Gasteiger charge is 2.12. The molecule has 4 nitrogen and oxygen atoms in total. The Balaban J connectivity index is 1.87. The van der Waals surface area contributed by atoms with Gasteiger partial charge in [-0.3, -0.25) is 0 Å². The molecule has 0 aliphatic heterocycles. The number of nitrogens with zero attached hydrogens (tertiary/aromatic N) is 2. The Labute approximate surface area is 126 Å². The minimum Gasteiger partial charge on any atom is -0.391 e. The van der Waals surface area contributed by atoms with Gasteiger partial charge in [-0.15, -0.1) is 0 Å². The van der Waals surface area contributed by atoms with Gasteiger partial charge in [0.05, 0.1) is 6.10 Å². The van der Waals surface area contributed by atoms with Gasteiger partial charge in [-0.05, 0) is 32.8 Å². The zero-order chi connectivity index (χ0) is 15.2. The molecular weight excluding hydrogens is 262 g/mol. The normalized spacial score (nSPS) is 13.9. The number of nitrogens with one attached hydrogen (secondary N) is 1. The summed E-state index contributed by atoms with van der Waals surface area (Å²) < 4.78 is 0. The van der Waals surface area contributed by atoms with Crippen LogP contribution < -0.4 is 5.32 Å². The Morgan fingerprint density at radius 1 is 1.19 bits per heavy atom. The molecule has 2 unspecified atom stereocenters. The Kier molecular flexibility index (Phi) is 5.42. The third-order valence-electron chi connectivity index (χ3n) is 3.58. The standard InChI is InChI=1S/C17H23N3O/c1-12(17-11-19-14(3)20-13(17)2)18-10-16(21)9-15-7-5-4-6-8-15/h4-8,11-12,16,18,21H,9-10H2,1-3H3. The van der Waals surface area contributed by atoms with Gasteiger partial charge in [-0.2, -0.15) is 0 Å². The predicted octanol–water partition coefficient (Wildman–Crippen LogP) is 2.35.